The summed E-state index contributed by atoms with van der Waals surface area (Å²) in [5, 5.41) is 4.70. The topological polar surface area (TPSA) is 92.7 Å². The smallest absolute Gasteiger partial charge is 0.259 e. The Kier molecular flexibility index (Phi) is 6.62. The molecule has 8 nitrogen and oxygen atoms in total. The van der Waals surface area contributed by atoms with Crippen LogP contribution < -0.4 is 0 Å². The number of hydrogen-bond acceptors (Lipinski definition) is 6. The molecule has 0 N–H and O–H groups in total. The number of furan rings is 1. The van der Waals surface area contributed by atoms with Gasteiger partial charge in [0.05, 0.1) is 22.3 Å². The molecule has 3 aromatic rings. The van der Waals surface area contributed by atoms with Gasteiger partial charge in [0.15, 0.2) is 0 Å². The third-order valence-electron chi connectivity index (χ3n) is 7.58. The van der Waals surface area contributed by atoms with Crippen molar-refractivity contribution in [3.63, 3.8) is 0 Å². The van der Waals surface area contributed by atoms with Crippen molar-refractivity contribution < 1.29 is 18.5 Å². The third kappa shape index (κ3) is 4.83. The summed E-state index contributed by atoms with van der Waals surface area (Å²) in [6.45, 7) is 7.75. The van der Waals surface area contributed by atoms with Crippen molar-refractivity contribution in [1.29, 1.82) is 0 Å². The van der Waals surface area contributed by atoms with Gasteiger partial charge in [-0.3, -0.25) is 9.59 Å². The summed E-state index contributed by atoms with van der Waals surface area (Å²) >= 11 is 0. The Morgan fingerprint density at radius 3 is 2.40 bits per heavy atom. The van der Waals surface area contributed by atoms with Crippen molar-refractivity contribution in [3.05, 3.63) is 34.9 Å². The van der Waals surface area contributed by atoms with Gasteiger partial charge in [0, 0.05) is 38.2 Å². The Labute approximate surface area is 205 Å². The molecule has 4 heterocycles. The van der Waals surface area contributed by atoms with Crippen LogP contribution in [0.1, 0.15) is 72.5 Å². The first-order valence-electron chi connectivity index (χ1n) is 12.8. The summed E-state index contributed by atoms with van der Waals surface area (Å²) in [6, 6.07) is 3.73. The van der Waals surface area contributed by atoms with Crippen molar-refractivity contribution in [3.8, 4) is 11.3 Å². The molecule has 0 radical (unpaired) electrons. The highest BCUT2D eigenvalue weighted by atomic mass is 16.5. The number of rotatable bonds is 5. The summed E-state index contributed by atoms with van der Waals surface area (Å²) in [5.41, 5.74) is 2.97. The first-order chi connectivity index (χ1) is 16.9. The lowest BCUT2D eigenvalue weighted by Crippen LogP contribution is -2.50. The van der Waals surface area contributed by atoms with E-state index in [0.717, 1.165) is 23.5 Å². The molecular weight excluding hydrogens is 444 g/mol. The van der Waals surface area contributed by atoms with E-state index >= 15 is 0 Å². The molecule has 1 aliphatic carbocycles. The minimum Gasteiger partial charge on any atom is -0.466 e. The van der Waals surface area contributed by atoms with E-state index in [2.05, 4.69) is 10.1 Å². The van der Waals surface area contributed by atoms with E-state index in [4.69, 9.17) is 8.94 Å². The number of fused-ring (bicyclic) bond motifs is 1. The van der Waals surface area contributed by atoms with Crippen LogP contribution in [0.25, 0.3) is 22.4 Å². The van der Waals surface area contributed by atoms with Crippen LogP contribution in [-0.4, -0.2) is 57.9 Å². The standard InChI is InChI=1S/C27H34N4O4/c1-17-15-21(19(3)34-17)23-16-22(25-18(2)29-35-26(25)28-23)27(33)31-13-11-30(12-14-31)24(32)10-9-20-7-5-4-6-8-20/h15-16,20H,4-14H2,1-3H3. The number of carbonyl (C=O) groups is 2. The summed E-state index contributed by atoms with van der Waals surface area (Å²) < 4.78 is 11.1. The van der Waals surface area contributed by atoms with Crippen LogP contribution in [0.15, 0.2) is 21.1 Å². The quantitative estimate of drug-likeness (QED) is 0.509. The number of aryl methyl sites for hydroxylation is 3. The van der Waals surface area contributed by atoms with E-state index in [0.29, 0.717) is 66.6 Å². The van der Waals surface area contributed by atoms with E-state index in [-0.39, 0.29) is 11.8 Å². The molecule has 0 unspecified atom stereocenters. The fourth-order valence-corrected chi connectivity index (χ4v) is 5.58. The second kappa shape index (κ2) is 9.84. The van der Waals surface area contributed by atoms with Gasteiger partial charge in [0.25, 0.3) is 11.6 Å². The zero-order valence-corrected chi connectivity index (χ0v) is 20.9. The van der Waals surface area contributed by atoms with Crippen LogP contribution in [-0.2, 0) is 4.79 Å². The summed E-state index contributed by atoms with van der Waals surface area (Å²) in [5.74, 6) is 2.36. The highest BCUT2D eigenvalue weighted by molar-refractivity contribution is 6.07. The first-order valence-corrected chi connectivity index (χ1v) is 12.8. The molecule has 35 heavy (non-hydrogen) atoms. The van der Waals surface area contributed by atoms with E-state index < -0.39 is 0 Å². The largest absolute Gasteiger partial charge is 0.466 e. The number of amides is 2. The van der Waals surface area contributed by atoms with Gasteiger partial charge in [0.1, 0.15) is 11.5 Å². The summed E-state index contributed by atoms with van der Waals surface area (Å²) in [7, 11) is 0. The summed E-state index contributed by atoms with van der Waals surface area (Å²) in [6.07, 6.45) is 8.08. The van der Waals surface area contributed by atoms with Gasteiger partial charge in [-0.25, -0.2) is 4.98 Å². The average molecular weight is 479 g/mol. The van der Waals surface area contributed by atoms with Crippen molar-refractivity contribution in [2.45, 2.75) is 65.7 Å². The Balaban J connectivity index is 1.29. The lowest BCUT2D eigenvalue weighted by atomic mass is 9.86. The lowest BCUT2D eigenvalue weighted by Gasteiger charge is -2.35. The fraction of sp³-hybridized carbons (Fsp3) is 0.556. The molecule has 8 heteroatoms. The second-order valence-corrected chi connectivity index (χ2v) is 10.0. The second-order valence-electron chi connectivity index (χ2n) is 10.0. The molecule has 0 aromatic carbocycles. The monoisotopic (exact) mass is 478 g/mol. The molecule has 5 rings (SSSR count). The highest BCUT2D eigenvalue weighted by Gasteiger charge is 2.28. The Morgan fingerprint density at radius 2 is 1.71 bits per heavy atom. The van der Waals surface area contributed by atoms with Crippen molar-refractivity contribution in [2.75, 3.05) is 26.2 Å². The van der Waals surface area contributed by atoms with Crippen LogP contribution in [0.5, 0.6) is 0 Å². The molecule has 1 aliphatic heterocycles. The summed E-state index contributed by atoms with van der Waals surface area (Å²) in [4.78, 5) is 34.8. The molecule has 0 spiro atoms. The van der Waals surface area contributed by atoms with Gasteiger partial charge in [-0.15, -0.1) is 0 Å². The molecular formula is C27H34N4O4. The normalized spacial score (nSPS) is 17.3. The van der Waals surface area contributed by atoms with Gasteiger partial charge in [-0.2, -0.15) is 0 Å². The van der Waals surface area contributed by atoms with Gasteiger partial charge < -0.3 is 18.7 Å². The lowest BCUT2D eigenvalue weighted by molar-refractivity contribution is -0.133. The zero-order chi connectivity index (χ0) is 24.5. The highest BCUT2D eigenvalue weighted by Crippen LogP contribution is 2.31. The SMILES string of the molecule is Cc1cc(-c2cc(C(=O)N3CCN(C(=O)CCC4CCCCC4)CC3)c3c(C)noc3n2)c(C)o1. The predicted molar refractivity (Wildman–Crippen MR) is 132 cm³/mol. The molecule has 2 aliphatic rings. The van der Waals surface area contributed by atoms with Crippen LogP contribution in [0.3, 0.4) is 0 Å². The predicted octanol–water partition coefficient (Wildman–Crippen LogP) is 5.05. The molecule has 1 saturated carbocycles. The Hall–Kier alpha value is -3.16. The molecule has 2 fully saturated rings. The van der Waals surface area contributed by atoms with Crippen LogP contribution in [0.4, 0.5) is 0 Å². The van der Waals surface area contributed by atoms with Gasteiger partial charge >= 0.3 is 0 Å². The van der Waals surface area contributed by atoms with E-state index in [1.54, 1.807) is 0 Å². The van der Waals surface area contributed by atoms with E-state index in [9.17, 15) is 9.59 Å². The zero-order valence-electron chi connectivity index (χ0n) is 20.9. The molecule has 0 bridgehead atoms. The molecule has 186 valence electrons. The number of aromatic nitrogens is 2. The number of hydrogen-bond donors (Lipinski definition) is 0. The van der Waals surface area contributed by atoms with Crippen molar-refractivity contribution in [2.24, 2.45) is 5.92 Å². The van der Waals surface area contributed by atoms with Crippen LogP contribution in [0, 0.1) is 26.7 Å². The van der Waals surface area contributed by atoms with Crippen molar-refractivity contribution >= 4 is 22.9 Å². The maximum Gasteiger partial charge on any atom is 0.259 e. The average Bonchev–Trinajstić information content (AvgIpc) is 3.43. The van der Waals surface area contributed by atoms with Gasteiger partial charge in [0.2, 0.25) is 5.91 Å². The first kappa shape index (κ1) is 23.6. The third-order valence-corrected chi connectivity index (χ3v) is 7.58. The number of nitrogens with zero attached hydrogens (tertiary/aromatic N) is 4. The van der Waals surface area contributed by atoms with Gasteiger partial charge in [-0.1, -0.05) is 37.3 Å². The molecule has 0 atom stereocenters. The maximum absolute atomic E-state index is 13.6. The van der Waals surface area contributed by atoms with Gasteiger partial charge in [-0.05, 0) is 45.2 Å². The van der Waals surface area contributed by atoms with Crippen LogP contribution >= 0.6 is 0 Å². The maximum atomic E-state index is 13.6. The molecule has 2 amide bonds. The number of pyridine rings is 1. The number of piperazine rings is 1. The number of carbonyl (C=O) groups excluding carboxylic acids is 2. The fourth-order valence-electron chi connectivity index (χ4n) is 5.58. The van der Waals surface area contributed by atoms with E-state index in [1.165, 1.54) is 32.1 Å². The van der Waals surface area contributed by atoms with Crippen molar-refractivity contribution in [1.82, 2.24) is 19.9 Å². The minimum absolute atomic E-state index is 0.0860. The Morgan fingerprint density at radius 1 is 1.00 bits per heavy atom. The van der Waals surface area contributed by atoms with E-state index in [1.807, 2.05) is 42.7 Å². The Bertz CT molecular complexity index is 1230. The molecule has 1 saturated heterocycles. The minimum atomic E-state index is -0.0860. The molecule has 3 aromatic heterocycles. The van der Waals surface area contributed by atoms with Crippen LogP contribution in [0.2, 0.25) is 0 Å².